The fourth-order valence-electron chi connectivity index (χ4n) is 4.04. The van der Waals surface area contributed by atoms with Crippen molar-refractivity contribution in [2.45, 2.75) is 25.3 Å². The van der Waals surface area contributed by atoms with Gasteiger partial charge in [0.05, 0.1) is 5.70 Å². The Morgan fingerprint density at radius 2 is 1.96 bits per heavy atom. The van der Waals surface area contributed by atoms with Crippen LogP contribution in [0, 0.1) is 5.53 Å². The van der Waals surface area contributed by atoms with Gasteiger partial charge in [-0.25, -0.2) is 5.53 Å². The predicted molar refractivity (Wildman–Crippen MR) is 102 cm³/mol. The van der Waals surface area contributed by atoms with Crippen LogP contribution in [0.25, 0.3) is 5.70 Å². The molecule has 1 saturated heterocycles. The average Bonchev–Trinajstić information content (AvgIpc) is 3.11. The maximum absolute atomic E-state index is 9.69. The zero-order chi connectivity index (χ0) is 17.9. The Hall–Kier alpha value is -2.66. The van der Waals surface area contributed by atoms with E-state index in [-0.39, 0.29) is 0 Å². The lowest BCUT2D eigenvalue weighted by Crippen LogP contribution is -2.34. The number of fused-ring (bicyclic) bond motifs is 1. The van der Waals surface area contributed by atoms with Crippen molar-refractivity contribution in [2.24, 2.45) is 5.11 Å². The quantitative estimate of drug-likeness (QED) is 0.729. The van der Waals surface area contributed by atoms with Gasteiger partial charge < -0.3 is 10.4 Å². The first-order valence-electron chi connectivity index (χ1n) is 9.18. The van der Waals surface area contributed by atoms with E-state index in [0.29, 0.717) is 18.2 Å². The Labute approximate surface area is 153 Å². The lowest BCUT2D eigenvalue weighted by atomic mass is 9.89. The summed E-state index contributed by atoms with van der Waals surface area (Å²) in [5.74, 6) is 0.837. The summed E-state index contributed by atoms with van der Waals surface area (Å²) in [5.41, 5.74) is 13.1. The van der Waals surface area contributed by atoms with Gasteiger partial charge in [0, 0.05) is 18.7 Å². The largest absolute Gasteiger partial charge is 0.508 e. The standard InChI is InChI=1S/C21H24N4O/c22-24-20(21-19-7-2-1-4-17(19)13-23-21)14-25-10-8-15(9-11-25)16-5-3-6-18(26)12-16/h1-7,12,15,22-23,26H,8-11,13-14H2/b21-20-,24-22?. The maximum atomic E-state index is 9.69. The van der Waals surface area contributed by atoms with Gasteiger partial charge in [0.15, 0.2) is 0 Å². The lowest BCUT2D eigenvalue weighted by molar-refractivity contribution is 0.227. The summed E-state index contributed by atoms with van der Waals surface area (Å²) in [7, 11) is 0. The number of phenols is 1. The minimum Gasteiger partial charge on any atom is -0.508 e. The van der Waals surface area contributed by atoms with Gasteiger partial charge in [-0.15, -0.1) is 0 Å². The van der Waals surface area contributed by atoms with Crippen LogP contribution in [-0.4, -0.2) is 29.6 Å². The summed E-state index contributed by atoms with van der Waals surface area (Å²) in [5, 5.41) is 17.0. The number of piperidine rings is 1. The first-order valence-corrected chi connectivity index (χ1v) is 9.18. The second kappa shape index (κ2) is 7.30. The van der Waals surface area contributed by atoms with E-state index in [1.165, 1.54) is 16.7 Å². The number of rotatable bonds is 4. The van der Waals surface area contributed by atoms with E-state index in [2.05, 4.69) is 33.5 Å². The summed E-state index contributed by atoms with van der Waals surface area (Å²) >= 11 is 0. The molecule has 4 rings (SSSR count). The highest BCUT2D eigenvalue weighted by atomic mass is 16.3. The maximum Gasteiger partial charge on any atom is 0.115 e. The molecule has 2 aliphatic heterocycles. The Balaban J connectivity index is 1.44. The SMILES string of the molecule is N=N/C(CN1CCC(c2cccc(O)c2)CC1)=C1\NCc2ccccc21. The number of hydrogen-bond donors (Lipinski definition) is 3. The number of benzene rings is 2. The highest BCUT2D eigenvalue weighted by Gasteiger charge is 2.24. The Kier molecular flexibility index (Phi) is 4.71. The number of aromatic hydroxyl groups is 1. The van der Waals surface area contributed by atoms with Crippen LogP contribution in [0.15, 0.2) is 59.3 Å². The Bertz CT molecular complexity index is 837. The fourth-order valence-corrected chi connectivity index (χ4v) is 4.04. The highest BCUT2D eigenvalue weighted by Crippen LogP contribution is 2.31. The van der Waals surface area contributed by atoms with Crippen molar-refractivity contribution in [2.75, 3.05) is 19.6 Å². The van der Waals surface area contributed by atoms with Crippen molar-refractivity contribution >= 4 is 5.70 Å². The minimum absolute atomic E-state index is 0.343. The molecule has 0 radical (unpaired) electrons. The summed E-state index contributed by atoms with van der Waals surface area (Å²) in [6.07, 6.45) is 2.13. The molecule has 0 saturated carbocycles. The molecule has 5 heteroatoms. The van der Waals surface area contributed by atoms with E-state index in [1.54, 1.807) is 6.07 Å². The predicted octanol–water partition coefficient (Wildman–Crippen LogP) is 4.07. The van der Waals surface area contributed by atoms with Crippen LogP contribution in [-0.2, 0) is 6.54 Å². The molecule has 0 amide bonds. The third-order valence-corrected chi connectivity index (χ3v) is 5.47. The van der Waals surface area contributed by atoms with Gasteiger partial charge in [0.2, 0.25) is 0 Å². The molecule has 0 spiro atoms. The van der Waals surface area contributed by atoms with Gasteiger partial charge in [-0.1, -0.05) is 36.4 Å². The van der Waals surface area contributed by atoms with Gasteiger partial charge in [-0.05, 0) is 55.1 Å². The highest BCUT2D eigenvalue weighted by molar-refractivity contribution is 5.73. The summed E-state index contributed by atoms with van der Waals surface area (Å²) in [6, 6.07) is 15.9. The van der Waals surface area contributed by atoms with Gasteiger partial charge in [-0.2, -0.15) is 5.11 Å². The number of nitrogens with zero attached hydrogens (tertiary/aromatic N) is 2. The minimum atomic E-state index is 0.343. The summed E-state index contributed by atoms with van der Waals surface area (Å²) in [4.78, 5) is 2.38. The van der Waals surface area contributed by atoms with E-state index in [4.69, 9.17) is 5.53 Å². The molecule has 2 aromatic carbocycles. The van der Waals surface area contributed by atoms with E-state index < -0.39 is 0 Å². The molecule has 5 nitrogen and oxygen atoms in total. The van der Waals surface area contributed by atoms with Crippen molar-refractivity contribution < 1.29 is 5.11 Å². The Morgan fingerprint density at radius 1 is 1.15 bits per heavy atom. The zero-order valence-electron chi connectivity index (χ0n) is 14.8. The third kappa shape index (κ3) is 3.35. The molecular weight excluding hydrogens is 324 g/mol. The molecule has 0 aromatic heterocycles. The van der Waals surface area contributed by atoms with Gasteiger partial charge in [-0.3, -0.25) is 4.90 Å². The molecule has 2 heterocycles. The number of phenolic OH excluding ortho intramolecular Hbond substituents is 1. The number of likely N-dealkylation sites (tertiary alicyclic amines) is 1. The molecular formula is C21H24N4O. The Morgan fingerprint density at radius 3 is 2.73 bits per heavy atom. The van der Waals surface area contributed by atoms with Crippen LogP contribution < -0.4 is 5.32 Å². The topological polar surface area (TPSA) is 71.7 Å². The number of nitrogens with one attached hydrogen (secondary N) is 2. The summed E-state index contributed by atoms with van der Waals surface area (Å²) < 4.78 is 0. The second-order valence-electron chi connectivity index (χ2n) is 7.09. The van der Waals surface area contributed by atoms with Crippen molar-refractivity contribution in [1.82, 2.24) is 10.2 Å². The van der Waals surface area contributed by atoms with Crippen molar-refractivity contribution in [3.63, 3.8) is 0 Å². The van der Waals surface area contributed by atoms with E-state index in [9.17, 15) is 5.11 Å². The molecule has 0 unspecified atom stereocenters. The van der Waals surface area contributed by atoms with Crippen molar-refractivity contribution in [1.29, 1.82) is 5.53 Å². The molecule has 2 aromatic rings. The van der Waals surface area contributed by atoms with Crippen LogP contribution in [0.5, 0.6) is 5.75 Å². The molecule has 134 valence electrons. The van der Waals surface area contributed by atoms with Crippen molar-refractivity contribution in [3.8, 4) is 5.75 Å². The average molecular weight is 348 g/mol. The van der Waals surface area contributed by atoms with E-state index >= 15 is 0 Å². The smallest absolute Gasteiger partial charge is 0.115 e. The van der Waals surface area contributed by atoms with Crippen LogP contribution in [0.2, 0.25) is 0 Å². The summed E-state index contributed by atoms with van der Waals surface area (Å²) in [6.45, 7) is 3.47. The fraction of sp³-hybridized carbons (Fsp3) is 0.333. The van der Waals surface area contributed by atoms with Crippen LogP contribution in [0.4, 0.5) is 0 Å². The van der Waals surface area contributed by atoms with Gasteiger partial charge in [0.25, 0.3) is 0 Å². The monoisotopic (exact) mass is 348 g/mol. The lowest BCUT2D eigenvalue weighted by Gasteiger charge is -2.32. The second-order valence-corrected chi connectivity index (χ2v) is 7.09. The molecule has 26 heavy (non-hydrogen) atoms. The molecule has 0 aliphatic carbocycles. The van der Waals surface area contributed by atoms with Gasteiger partial charge in [0.1, 0.15) is 11.4 Å². The van der Waals surface area contributed by atoms with E-state index in [0.717, 1.165) is 43.9 Å². The number of hydrogen-bond acceptors (Lipinski definition) is 5. The van der Waals surface area contributed by atoms with Crippen LogP contribution in [0.1, 0.15) is 35.4 Å². The normalized spacial score (nSPS) is 19.7. The molecule has 1 fully saturated rings. The zero-order valence-corrected chi connectivity index (χ0v) is 14.8. The van der Waals surface area contributed by atoms with Gasteiger partial charge >= 0.3 is 0 Å². The molecule has 3 N–H and O–H groups in total. The first-order chi connectivity index (χ1) is 12.7. The van der Waals surface area contributed by atoms with E-state index in [1.807, 2.05) is 24.3 Å². The van der Waals surface area contributed by atoms with Crippen LogP contribution in [0.3, 0.4) is 0 Å². The van der Waals surface area contributed by atoms with Crippen molar-refractivity contribution in [3.05, 3.63) is 70.9 Å². The third-order valence-electron chi connectivity index (χ3n) is 5.47. The molecule has 0 bridgehead atoms. The van der Waals surface area contributed by atoms with Crippen LogP contribution >= 0.6 is 0 Å². The first kappa shape index (κ1) is 16.8. The molecule has 2 aliphatic rings. The molecule has 0 atom stereocenters.